The molecule has 1 unspecified atom stereocenters. The average molecular weight is 296 g/mol. The number of aliphatic carboxylic acids is 1. The van der Waals surface area contributed by atoms with Crippen molar-refractivity contribution in [3.63, 3.8) is 0 Å². The van der Waals surface area contributed by atoms with E-state index in [0.29, 0.717) is 11.4 Å². The van der Waals surface area contributed by atoms with E-state index >= 15 is 0 Å². The van der Waals surface area contributed by atoms with Crippen molar-refractivity contribution in [3.05, 3.63) is 40.9 Å². The summed E-state index contributed by atoms with van der Waals surface area (Å²) in [6.45, 7) is 1.95. The molecule has 1 rings (SSSR count). The minimum Gasteiger partial charge on any atom is -0.481 e. The molecule has 0 bridgehead atoms. The van der Waals surface area contributed by atoms with Gasteiger partial charge in [-0.05, 0) is 30.2 Å². The molecule has 0 radical (unpaired) electrons. The largest absolute Gasteiger partial charge is 0.481 e. The number of benzene rings is 1. The van der Waals surface area contributed by atoms with Crippen LogP contribution in [0.25, 0.3) is 6.08 Å². The van der Waals surface area contributed by atoms with Crippen LogP contribution in [0.1, 0.15) is 31.7 Å². The maximum absolute atomic E-state index is 11.7. The van der Waals surface area contributed by atoms with Crippen molar-refractivity contribution in [3.8, 4) is 0 Å². The van der Waals surface area contributed by atoms with Crippen LogP contribution in [0.5, 0.6) is 0 Å². The second-order valence-corrected chi connectivity index (χ2v) is 4.91. The van der Waals surface area contributed by atoms with E-state index in [9.17, 15) is 9.59 Å². The van der Waals surface area contributed by atoms with Gasteiger partial charge in [-0.3, -0.25) is 9.59 Å². The molecule has 4 nitrogen and oxygen atoms in total. The minimum absolute atomic E-state index is 0.0611. The maximum Gasteiger partial charge on any atom is 0.305 e. The number of carbonyl (C=O) groups is 2. The summed E-state index contributed by atoms with van der Waals surface area (Å²) in [6, 6.07) is 6.74. The van der Waals surface area contributed by atoms with E-state index in [1.165, 1.54) is 6.08 Å². The fraction of sp³-hybridized carbons (Fsp3) is 0.333. The SMILES string of the molecule is CCCC(CC(=O)O)NC(=O)/C=C/c1ccc(Cl)cc1. The third-order valence-corrected chi connectivity index (χ3v) is 2.95. The van der Waals surface area contributed by atoms with Gasteiger partial charge in [-0.25, -0.2) is 0 Å². The van der Waals surface area contributed by atoms with Crippen LogP contribution in [0.15, 0.2) is 30.3 Å². The van der Waals surface area contributed by atoms with Gasteiger partial charge in [0.15, 0.2) is 0 Å². The zero-order valence-electron chi connectivity index (χ0n) is 11.3. The molecule has 0 aliphatic heterocycles. The Morgan fingerprint density at radius 3 is 2.55 bits per heavy atom. The van der Waals surface area contributed by atoms with Gasteiger partial charge in [-0.15, -0.1) is 0 Å². The number of carboxylic acids is 1. The second kappa shape index (κ2) is 8.38. The molecular formula is C15H18ClNO3. The number of amides is 1. The molecular weight excluding hydrogens is 278 g/mol. The average Bonchev–Trinajstić information content (AvgIpc) is 2.37. The molecule has 0 aliphatic rings. The van der Waals surface area contributed by atoms with Gasteiger partial charge in [-0.1, -0.05) is 37.1 Å². The highest BCUT2D eigenvalue weighted by atomic mass is 35.5. The fourth-order valence-electron chi connectivity index (χ4n) is 1.78. The highest BCUT2D eigenvalue weighted by molar-refractivity contribution is 6.30. The van der Waals surface area contributed by atoms with Crippen molar-refractivity contribution in [1.82, 2.24) is 5.32 Å². The normalized spacial score (nSPS) is 12.3. The van der Waals surface area contributed by atoms with Crippen LogP contribution in [-0.4, -0.2) is 23.0 Å². The van der Waals surface area contributed by atoms with Crippen molar-refractivity contribution in [2.45, 2.75) is 32.2 Å². The molecule has 0 aromatic heterocycles. The van der Waals surface area contributed by atoms with Gasteiger partial charge in [0.1, 0.15) is 0 Å². The predicted molar refractivity (Wildman–Crippen MR) is 79.6 cm³/mol. The van der Waals surface area contributed by atoms with Crippen LogP contribution < -0.4 is 5.32 Å². The van der Waals surface area contributed by atoms with Crippen molar-refractivity contribution in [1.29, 1.82) is 0 Å². The predicted octanol–water partition coefficient (Wildman–Crippen LogP) is 3.11. The summed E-state index contributed by atoms with van der Waals surface area (Å²) in [5.41, 5.74) is 0.856. The number of hydrogen-bond acceptors (Lipinski definition) is 2. The molecule has 0 spiro atoms. The Hall–Kier alpha value is -1.81. The Morgan fingerprint density at radius 2 is 2.00 bits per heavy atom. The standard InChI is InChI=1S/C15H18ClNO3/c1-2-3-13(10-15(19)20)17-14(18)9-6-11-4-7-12(16)8-5-11/h4-9,13H,2-3,10H2,1H3,(H,17,18)(H,19,20)/b9-6+. The van der Waals surface area contributed by atoms with E-state index in [0.717, 1.165) is 12.0 Å². The van der Waals surface area contributed by atoms with Gasteiger partial charge >= 0.3 is 5.97 Å². The molecule has 0 saturated heterocycles. The lowest BCUT2D eigenvalue weighted by molar-refractivity contribution is -0.137. The van der Waals surface area contributed by atoms with Gasteiger partial charge in [0, 0.05) is 17.1 Å². The topological polar surface area (TPSA) is 66.4 Å². The Labute approximate surface area is 123 Å². The quantitative estimate of drug-likeness (QED) is 0.760. The van der Waals surface area contributed by atoms with Gasteiger partial charge in [0.2, 0.25) is 5.91 Å². The van der Waals surface area contributed by atoms with Crippen LogP contribution in [0.2, 0.25) is 5.02 Å². The summed E-state index contributed by atoms with van der Waals surface area (Å²) in [4.78, 5) is 22.4. The van der Waals surface area contributed by atoms with Crippen LogP contribution in [0.4, 0.5) is 0 Å². The molecule has 0 heterocycles. The number of hydrogen-bond donors (Lipinski definition) is 2. The molecule has 0 saturated carbocycles. The van der Waals surface area contributed by atoms with E-state index in [1.54, 1.807) is 30.3 Å². The van der Waals surface area contributed by atoms with Crippen LogP contribution in [0.3, 0.4) is 0 Å². The lowest BCUT2D eigenvalue weighted by Crippen LogP contribution is -2.35. The van der Waals surface area contributed by atoms with Gasteiger partial charge < -0.3 is 10.4 Å². The first-order valence-electron chi connectivity index (χ1n) is 6.47. The molecule has 0 aliphatic carbocycles. The van der Waals surface area contributed by atoms with Crippen LogP contribution in [0, 0.1) is 0 Å². The van der Waals surface area contributed by atoms with Crippen molar-refractivity contribution in [2.24, 2.45) is 0 Å². The lowest BCUT2D eigenvalue weighted by Gasteiger charge is -2.14. The van der Waals surface area contributed by atoms with Crippen molar-refractivity contribution in [2.75, 3.05) is 0 Å². The van der Waals surface area contributed by atoms with Gasteiger partial charge in [0.05, 0.1) is 6.42 Å². The third kappa shape index (κ3) is 6.38. The van der Waals surface area contributed by atoms with Crippen molar-refractivity contribution < 1.29 is 14.7 Å². The summed E-state index contributed by atoms with van der Waals surface area (Å²) in [6.07, 6.45) is 4.46. The summed E-state index contributed by atoms with van der Waals surface area (Å²) < 4.78 is 0. The van der Waals surface area contributed by atoms with Gasteiger partial charge in [-0.2, -0.15) is 0 Å². The molecule has 1 aromatic carbocycles. The van der Waals surface area contributed by atoms with Gasteiger partial charge in [0.25, 0.3) is 0 Å². The molecule has 1 amide bonds. The first-order valence-corrected chi connectivity index (χ1v) is 6.85. The number of rotatable bonds is 7. The summed E-state index contributed by atoms with van der Waals surface area (Å²) >= 11 is 5.77. The van der Waals surface area contributed by atoms with Crippen LogP contribution in [-0.2, 0) is 9.59 Å². The molecule has 1 atom stereocenters. The lowest BCUT2D eigenvalue weighted by atomic mass is 10.1. The Morgan fingerprint density at radius 1 is 1.35 bits per heavy atom. The van der Waals surface area contributed by atoms with Crippen molar-refractivity contribution >= 4 is 29.6 Å². The molecule has 0 fully saturated rings. The monoisotopic (exact) mass is 295 g/mol. The highest BCUT2D eigenvalue weighted by Gasteiger charge is 2.13. The number of nitrogens with one attached hydrogen (secondary N) is 1. The highest BCUT2D eigenvalue weighted by Crippen LogP contribution is 2.10. The number of halogens is 1. The fourth-order valence-corrected chi connectivity index (χ4v) is 1.91. The molecule has 2 N–H and O–H groups in total. The Balaban J connectivity index is 2.56. The first-order chi connectivity index (χ1) is 9.51. The smallest absolute Gasteiger partial charge is 0.305 e. The number of carboxylic acid groups (broad SMARTS) is 1. The first kappa shape index (κ1) is 16.2. The second-order valence-electron chi connectivity index (χ2n) is 4.48. The molecule has 108 valence electrons. The van der Waals surface area contributed by atoms with E-state index in [4.69, 9.17) is 16.7 Å². The zero-order chi connectivity index (χ0) is 15.0. The molecule has 20 heavy (non-hydrogen) atoms. The van der Waals surface area contributed by atoms with E-state index < -0.39 is 5.97 Å². The minimum atomic E-state index is -0.912. The Kier molecular flexibility index (Phi) is 6.81. The molecule has 1 aromatic rings. The maximum atomic E-state index is 11.7. The van der Waals surface area contributed by atoms with E-state index in [-0.39, 0.29) is 18.4 Å². The summed E-state index contributed by atoms with van der Waals surface area (Å²) in [5, 5.41) is 12.1. The number of carbonyl (C=O) groups excluding carboxylic acids is 1. The van der Waals surface area contributed by atoms with E-state index in [2.05, 4.69) is 5.32 Å². The third-order valence-electron chi connectivity index (χ3n) is 2.70. The van der Waals surface area contributed by atoms with E-state index in [1.807, 2.05) is 6.92 Å². The van der Waals surface area contributed by atoms with Crippen LogP contribution >= 0.6 is 11.6 Å². The summed E-state index contributed by atoms with van der Waals surface area (Å²) in [5.74, 6) is -1.20. The summed E-state index contributed by atoms with van der Waals surface area (Å²) in [7, 11) is 0. The Bertz CT molecular complexity index is 482. The molecule has 5 heteroatoms. The zero-order valence-corrected chi connectivity index (χ0v) is 12.1.